The normalized spacial score (nSPS) is 19.7. The van der Waals surface area contributed by atoms with Gasteiger partial charge in [0.2, 0.25) is 11.8 Å². The molecule has 0 aromatic heterocycles. The zero-order valence-corrected chi connectivity index (χ0v) is 14.1. The van der Waals surface area contributed by atoms with Crippen molar-refractivity contribution >= 4 is 17.8 Å². The molecule has 3 unspecified atom stereocenters. The molecule has 1 aromatic rings. The lowest BCUT2D eigenvalue weighted by Crippen LogP contribution is -2.49. The molecule has 0 saturated heterocycles. The van der Waals surface area contributed by atoms with Crippen molar-refractivity contribution in [3.05, 3.63) is 35.9 Å². The van der Waals surface area contributed by atoms with Crippen molar-refractivity contribution in [3.63, 3.8) is 0 Å². The number of hydrogen-bond donors (Lipinski definition) is 4. The summed E-state index contributed by atoms with van der Waals surface area (Å²) >= 11 is 0. The fourth-order valence-electron chi connectivity index (χ4n) is 2.70. The van der Waals surface area contributed by atoms with Crippen molar-refractivity contribution in [2.75, 3.05) is 13.1 Å². The number of benzene rings is 1. The first kappa shape index (κ1) is 18.9. The van der Waals surface area contributed by atoms with Gasteiger partial charge in [0.1, 0.15) is 6.04 Å². The molecular weight excluding hydrogens is 322 g/mol. The third-order valence-corrected chi connectivity index (χ3v) is 4.29. The number of aliphatic carboxylic acids is 1. The van der Waals surface area contributed by atoms with Crippen LogP contribution in [0, 0.1) is 11.8 Å². The highest BCUT2D eigenvalue weighted by molar-refractivity contribution is 5.93. The summed E-state index contributed by atoms with van der Waals surface area (Å²) in [6, 6.07) is 8.67. The molecule has 2 rings (SSSR count). The Hall–Kier alpha value is -2.41. The van der Waals surface area contributed by atoms with E-state index in [-0.39, 0.29) is 11.8 Å². The van der Waals surface area contributed by atoms with Crippen LogP contribution in [0.5, 0.6) is 0 Å². The zero-order chi connectivity index (χ0) is 18.2. The van der Waals surface area contributed by atoms with Gasteiger partial charge >= 0.3 is 5.97 Å². The predicted molar refractivity (Wildman–Crippen MR) is 92.6 cm³/mol. The van der Waals surface area contributed by atoms with Crippen LogP contribution in [-0.2, 0) is 20.8 Å². The second-order valence-electron chi connectivity index (χ2n) is 6.32. The predicted octanol–water partition coefficient (Wildman–Crippen LogP) is 0.290. The van der Waals surface area contributed by atoms with Gasteiger partial charge in [0.25, 0.3) is 0 Å². The number of nitrogens with one attached hydrogen (secondary N) is 2. The largest absolute Gasteiger partial charge is 0.481 e. The van der Waals surface area contributed by atoms with Crippen LogP contribution in [0.25, 0.3) is 0 Å². The molecule has 2 amide bonds. The minimum atomic E-state index is -0.967. The maximum Gasteiger partial charge on any atom is 0.307 e. The standard InChI is InChI=1S/C18H25N3O4/c19-8-4-5-9-20-17(23)15(10-12-6-2-1-3-7-12)21-16(22)13-11-14(13)18(24)25/h1-3,6-7,13-15H,4-5,8-11,19H2,(H,20,23)(H,21,22)(H,24,25). The Bertz CT molecular complexity index is 606. The molecule has 1 fully saturated rings. The Morgan fingerprint density at radius 3 is 2.48 bits per heavy atom. The Morgan fingerprint density at radius 2 is 1.88 bits per heavy atom. The molecule has 1 aliphatic rings. The van der Waals surface area contributed by atoms with Crippen molar-refractivity contribution in [3.8, 4) is 0 Å². The number of rotatable bonds is 10. The minimum absolute atomic E-state index is 0.262. The third-order valence-electron chi connectivity index (χ3n) is 4.29. The van der Waals surface area contributed by atoms with Gasteiger partial charge < -0.3 is 21.5 Å². The van der Waals surface area contributed by atoms with Crippen LogP contribution in [-0.4, -0.2) is 42.0 Å². The van der Waals surface area contributed by atoms with Gasteiger partial charge in [-0.05, 0) is 31.4 Å². The SMILES string of the molecule is NCCCCNC(=O)C(Cc1ccccc1)NC(=O)C1CC1C(=O)O. The van der Waals surface area contributed by atoms with Crippen LogP contribution in [0.15, 0.2) is 30.3 Å². The van der Waals surface area contributed by atoms with Crippen molar-refractivity contribution in [1.82, 2.24) is 10.6 Å². The summed E-state index contributed by atoms with van der Waals surface area (Å²) in [5.74, 6) is -2.77. The molecular formula is C18H25N3O4. The highest BCUT2D eigenvalue weighted by Gasteiger charge is 2.48. The Morgan fingerprint density at radius 1 is 1.16 bits per heavy atom. The van der Waals surface area contributed by atoms with E-state index >= 15 is 0 Å². The van der Waals surface area contributed by atoms with Gasteiger partial charge in [-0.3, -0.25) is 14.4 Å². The second kappa shape index (κ2) is 9.17. The number of hydrogen-bond acceptors (Lipinski definition) is 4. The van der Waals surface area contributed by atoms with E-state index in [9.17, 15) is 14.4 Å². The van der Waals surface area contributed by atoms with Crippen molar-refractivity contribution in [1.29, 1.82) is 0 Å². The Balaban J connectivity index is 1.95. The minimum Gasteiger partial charge on any atom is -0.481 e. The van der Waals surface area contributed by atoms with Crippen molar-refractivity contribution in [2.45, 2.75) is 31.7 Å². The topological polar surface area (TPSA) is 122 Å². The van der Waals surface area contributed by atoms with Gasteiger partial charge in [0, 0.05) is 13.0 Å². The fourth-order valence-corrected chi connectivity index (χ4v) is 2.70. The fraction of sp³-hybridized carbons (Fsp3) is 0.500. The van der Waals surface area contributed by atoms with Gasteiger partial charge in [-0.15, -0.1) is 0 Å². The molecule has 25 heavy (non-hydrogen) atoms. The first-order valence-electron chi connectivity index (χ1n) is 8.57. The maximum absolute atomic E-state index is 12.4. The number of carboxylic acids is 1. The third kappa shape index (κ3) is 5.86. The molecule has 1 saturated carbocycles. The summed E-state index contributed by atoms with van der Waals surface area (Å²) in [7, 11) is 0. The molecule has 7 heteroatoms. The van der Waals surface area contributed by atoms with Crippen LogP contribution >= 0.6 is 0 Å². The molecule has 0 heterocycles. The van der Waals surface area contributed by atoms with Crippen LogP contribution in [0.2, 0.25) is 0 Å². The van der Waals surface area contributed by atoms with E-state index < -0.39 is 23.8 Å². The highest BCUT2D eigenvalue weighted by Crippen LogP contribution is 2.38. The lowest BCUT2D eigenvalue weighted by Gasteiger charge is -2.19. The quantitative estimate of drug-likeness (QED) is 0.453. The van der Waals surface area contributed by atoms with Crippen LogP contribution in [0.1, 0.15) is 24.8 Å². The molecule has 1 aromatic carbocycles. The number of unbranched alkanes of at least 4 members (excludes halogenated alkanes) is 1. The molecule has 3 atom stereocenters. The maximum atomic E-state index is 12.4. The highest BCUT2D eigenvalue weighted by atomic mass is 16.4. The van der Waals surface area contributed by atoms with Crippen molar-refractivity contribution < 1.29 is 19.5 Å². The van der Waals surface area contributed by atoms with Gasteiger partial charge in [-0.2, -0.15) is 0 Å². The number of carbonyl (C=O) groups excluding carboxylic acids is 2. The molecule has 0 spiro atoms. The van der Waals surface area contributed by atoms with Crippen LogP contribution < -0.4 is 16.4 Å². The number of carbonyl (C=O) groups is 3. The molecule has 0 aliphatic heterocycles. The molecule has 136 valence electrons. The van der Waals surface area contributed by atoms with Gasteiger partial charge in [-0.1, -0.05) is 30.3 Å². The zero-order valence-electron chi connectivity index (χ0n) is 14.1. The summed E-state index contributed by atoms with van der Waals surface area (Å²) in [5, 5.41) is 14.5. The number of carboxylic acid groups (broad SMARTS) is 1. The van der Waals surface area contributed by atoms with E-state index in [1.165, 1.54) is 0 Å². The molecule has 7 nitrogen and oxygen atoms in total. The number of amides is 2. The molecule has 0 radical (unpaired) electrons. The summed E-state index contributed by atoms with van der Waals surface area (Å²) in [4.78, 5) is 35.6. The smallest absolute Gasteiger partial charge is 0.307 e. The lowest BCUT2D eigenvalue weighted by atomic mass is 10.0. The van der Waals surface area contributed by atoms with E-state index in [4.69, 9.17) is 10.8 Å². The Labute approximate surface area is 147 Å². The van der Waals surface area contributed by atoms with Crippen molar-refractivity contribution in [2.24, 2.45) is 17.6 Å². The Kier molecular flexibility index (Phi) is 6.94. The summed E-state index contributed by atoms with van der Waals surface area (Å²) in [6.45, 7) is 1.07. The van der Waals surface area contributed by atoms with E-state index in [0.29, 0.717) is 25.9 Å². The van der Waals surface area contributed by atoms with E-state index in [2.05, 4.69) is 10.6 Å². The lowest BCUT2D eigenvalue weighted by molar-refractivity contribution is -0.140. The van der Waals surface area contributed by atoms with Crippen LogP contribution in [0.4, 0.5) is 0 Å². The van der Waals surface area contributed by atoms with Gasteiger partial charge in [0.15, 0.2) is 0 Å². The summed E-state index contributed by atoms with van der Waals surface area (Å²) in [6.07, 6.45) is 2.29. The molecule has 5 N–H and O–H groups in total. The van der Waals surface area contributed by atoms with Gasteiger partial charge in [-0.25, -0.2) is 0 Å². The number of nitrogens with two attached hydrogens (primary N) is 1. The molecule has 1 aliphatic carbocycles. The monoisotopic (exact) mass is 347 g/mol. The van der Waals surface area contributed by atoms with Crippen LogP contribution in [0.3, 0.4) is 0 Å². The van der Waals surface area contributed by atoms with E-state index in [1.54, 1.807) is 0 Å². The van der Waals surface area contributed by atoms with E-state index in [0.717, 1.165) is 18.4 Å². The second-order valence-corrected chi connectivity index (χ2v) is 6.32. The summed E-state index contributed by atoms with van der Waals surface area (Å²) in [5.41, 5.74) is 6.36. The van der Waals surface area contributed by atoms with E-state index in [1.807, 2.05) is 30.3 Å². The first-order valence-corrected chi connectivity index (χ1v) is 8.57. The average Bonchev–Trinajstić information content (AvgIpc) is 3.40. The first-order chi connectivity index (χ1) is 12.0. The average molecular weight is 347 g/mol. The molecule has 0 bridgehead atoms. The summed E-state index contributed by atoms with van der Waals surface area (Å²) < 4.78 is 0. The van der Waals surface area contributed by atoms with Gasteiger partial charge in [0.05, 0.1) is 11.8 Å².